The van der Waals surface area contributed by atoms with E-state index in [0.717, 1.165) is 0 Å². The number of carbonyl (C=O) groups excluding carboxylic acids is 2. The first-order chi connectivity index (χ1) is 31.9. The van der Waals surface area contributed by atoms with Gasteiger partial charge in [0.15, 0.2) is 11.4 Å². The summed E-state index contributed by atoms with van der Waals surface area (Å²) in [5.41, 5.74) is 6.81. The Bertz CT molecular complexity index is 1980. The molecule has 14 atom stereocenters. The zero-order valence-electron chi connectivity index (χ0n) is 41.0. The fourth-order valence-corrected chi connectivity index (χ4v) is 8.76. The van der Waals surface area contributed by atoms with Crippen molar-refractivity contribution < 1.29 is 66.6 Å². The third-order valence-corrected chi connectivity index (χ3v) is 12.9. The van der Waals surface area contributed by atoms with Crippen molar-refractivity contribution in [3.05, 3.63) is 48.7 Å². The first-order valence-corrected chi connectivity index (χ1v) is 23.1. The number of nitrogens with two attached hydrogens (primary N) is 1. The van der Waals surface area contributed by atoms with Crippen LogP contribution in [0.3, 0.4) is 0 Å². The molecule has 376 valence electrons. The van der Waals surface area contributed by atoms with Crippen molar-refractivity contribution in [3.8, 4) is 23.2 Å². The van der Waals surface area contributed by atoms with Gasteiger partial charge in [-0.3, -0.25) is 15.3 Å². The van der Waals surface area contributed by atoms with Crippen LogP contribution in [0.5, 0.6) is 0 Å². The molecule has 1 aliphatic heterocycles. The average molecular weight is 946 g/mol. The number of nitrogens with zero attached hydrogens (tertiary/aromatic N) is 4. The Labute approximate surface area is 394 Å². The predicted octanol–water partition coefficient (Wildman–Crippen LogP) is 6.15. The fourth-order valence-electron chi connectivity index (χ4n) is 8.76. The van der Waals surface area contributed by atoms with Crippen LogP contribution in [0.15, 0.2) is 50.4 Å². The quantitative estimate of drug-likeness (QED) is 0.0824. The number of ether oxygens (including phenoxy) is 6. The molecule has 0 aromatic carbocycles. The number of Topliss-reactive ketones (excluding diaryl/α,β-unsaturated/α-hetero) is 1. The molecule has 0 saturated carbocycles. The maximum atomic E-state index is 14.0. The summed E-state index contributed by atoms with van der Waals surface area (Å²) in [6.07, 6.45) is 7.21. The molecule has 5 N–H and O–H groups in total. The second-order valence-electron chi connectivity index (χ2n) is 18.1. The van der Waals surface area contributed by atoms with E-state index in [4.69, 9.17) is 47.4 Å². The summed E-state index contributed by atoms with van der Waals surface area (Å²) < 4.78 is 52.8. The summed E-state index contributed by atoms with van der Waals surface area (Å²) in [6, 6.07) is 0. The minimum absolute atomic E-state index is 0.0466. The van der Waals surface area contributed by atoms with E-state index < -0.39 is 60.8 Å². The lowest BCUT2D eigenvalue weighted by Crippen LogP contribution is -2.40. The average Bonchev–Trinajstić information content (AvgIpc) is 4.09. The van der Waals surface area contributed by atoms with Gasteiger partial charge in [-0.25, -0.2) is 15.0 Å². The maximum Gasteiger partial charge on any atom is 0.308 e. The molecule has 19 nitrogen and oxygen atoms in total. The Balaban J connectivity index is 1.60. The number of rotatable bonds is 18. The van der Waals surface area contributed by atoms with Gasteiger partial charge in [0.2, 0.25) is 24.1 Å². The Hall–Kier alpha value is -4.31. The van der Waals surface area contributed by atoms with Crippen molar-refractivity contribution in [2.75, 3.05) is 42.2 Å². The third-order valence-electron chi connectivity index (χ3n) is 12.9. The lowest BCUT2D eigenvalue weighted by molar-refractivity contribution is -0.170. The summed E-state index contributed by atoms with van der Waals surface area (Å²) in [5.74, 6) is -1.54. The Morgan fingerprint density at radius 1 is 0.955 bits per heavy atom. The molecule has 19 heteroatoms. The first kappa shape index (κ1) is 55.3. The van der Waals surface area contributed by atoms with Gasteiger partial charge in [-0.2, -0.15) is 0 Å². The molecule has 0 saturated heterocycles. The highest BCUT2D eigenvalue weighted by molar-refractivity contribution is 5.81. The molecule has 0 amide bonds. The Morgan fingerprint density at radius 2 is 1.64 bits per heavy atom. The van der Waals surface area contributed by atoms with E-state index in [1.807, 2.05) is 53.7 Å². The van der Waals surface area contributed by atoms with Gasteiger partial charge in [0.1, 0.15) is 49.2 Å². The van der Waals surface area contributed by atoms with Gasteiger partial charge in [-0.15, -0.1) is 0 Å². The number of aliphatic hydroxyl groups excluding tert-OH is 3. The van der Waals surface area contributed by atoms with Crippen LogP contribution < -0.4 is 5.73 Å². The highest BCUT2D eigenvalue weighted by Gasteiger charge is 2.36. The number of aliphatic hydroxyl groups is 3. The minimum atomic E-state index is -1.67. The topological polar surface area (TPSA) is 258 Å². The van der Waals surface area contributed by atoms with Gasteiger partial charge in [-0.1, -0.05) is 53.7 Å². The molecule has 0 fully saturated rings. The molecular weight excluding hydrogens is 871 g/mol. The van der Waals surface area contributed by atoms with E-state index in [1.54, 1.807) is 45.6 Å². The Kier molecular flexibility index (Phi) is 22.3. The molecule has 6 bridgehead atoms. The SMILES string of the molecule is CO[C@@H]([C@H](C)/C=C/N(C)CO)[C@@H](C)C(=O)CC[C@@H](C)[C@@H](C[C@H]1OC(=O)C[C@H](O[C@@H](N)O)C[C@@H](C)C[C@H](O)[C@@H](C)[C@H](OC)c2coc(n2)-c2coc(n2)-c2coc(n2)/C=C/C[C@H](OC)[C@H]1C)OC. The van der Waals surface area contributed by atoms with Gasteiger partial charge in [-0.05, 0) is 49.8 Å². The maximum absolute atomic E-state index is 14.0. The number of aromatic nitrogens is 3. The van der Waals surface area contributed by atoms with Crippen LogP contribution in [0.4, 0.5) is 0 Å². The molecule has 4 heterocycles. The first-order valence-electron chi connectivity index (χ1n) is 23.1. The lowest BCUT2D eigenvalue weighted by Gasteiger charge is -2.34. The van der Waals surface area contributed by atoms with E-state index in [0.29, 0.717) is 29.9 Å². The highest BCUT2D eigenvalue weighted by Crippen LogP contribution is 2.34. The minimum Gasteiger partial charge on any atom is -0.462 e. The van der Waals surface area contributed by atoms with Gasteiger partial charge < -0.3 is 61.9 Å². The number of cyclic esters (lactones) is 1. The molecule has 0 aliphatic carbocycles. The second kappa shape index (κ2) is 27.0. The second-order valence-corrected chi connectivity index (χ2v) is 18.1. The molecule has 0 spiro atoms. The molecule has 3 aromatic heterocycles. The summed E-state index contributed by atoms with van der Waals surface area (Å²) in [7, 11) is 8.04. The molecule has 3 aromatic rings. The van der Waals surface area contributed by atoms with E-state index >= 15 is 0 Å². The highest BCUT2D eigenvalue weighted by atomic mass is 16.6. The van der Waals surface area contributed by atoms with E-state index in [1.165, 1.54) is 25.9 Å². The number of fused-ring (bicyclic) bond motifs is 8. The van der Waals surface area contributed by atoms with E-state index in [-0.39, 0.29) is 92.1 Å². The van der Waals surface area contributed by atoms with Gasteiger partial charge in [0, 0.05) is 72.0 Å². The number of oxazole rings is 3. The van der Waals surface area contributed by atoms with Crippen molar-refractivity contribution in [2.45, 2.75) is 136 Å². The summed E-state index contributed by atoms with van der Waals surface area (Å²) in [5, 5.41) is 31.0. The number of ketones is 1. The zero-order valence-corrected chi connectivity index (χ0v) is 41.0. The van der Waals surface area contributed by atoms with Crippen LogP contribution in [0.1, 0.15) is 104 Å². The lowest BCUT2D eigenvalue weighted by atomic mass is 9.84. The number of esters is 1. The molecular formula is C48H75N5O14. The largest absolute Gasteiger partial charge is 0.462 e. The number of hydrogen-bond donors (Lipinski definition) is 4. The van der Waals surface area contributed by atoms with Crippen molar-refractivity contribution in [1.29, 1.82) is 0 Å². The monoisotopic (exact) mass is 946 g/mol. The van der Waals surface area contributed by atoms with Crippen LogP contribution >= 0.6 is 0 Å². The van der Waals surface area contributed by atoms with Crippen molar-refractivity contribution in [3.63, 3.8) is 0 Å². The summed E-state index contributed by atoms with van der Waals surface area (Å²) in [6.45, 7) is 11.4. The molecule has 67 heavy (non-hydrogen) atoms. The molecule has 4 rings (SSSR count). The van der Waals surface area contributed by atoms with Crippen LogP contribution in [0.2, 0.25) is 0 Å². The van der Waals surface area contributed by atoms with Crippen molar-refractivity contribution in [1.82, 2.24) is 19.9 Å². The normalized spacial score (nSPS) is 26.9. The van der Waals surface area contributed by atoms with Gasteiger partial charge in [0.25, 0.3) is 0 Å². The van der Waals surface area contributed by atoms with Crippen molar-refractivity contribution >= 4 is 17.8 Å². The number of carbonyl (C=O) groups is 2. The van der Waals surface area contributed by atoms with Crippen LogP contribution in [-0.4, -0.2) is 132 Å². The zero-order chi connectivity index (χ0) is 49.4. The van der Waals surface area contributed by atoms with Gasteiger partial charge >= 0.3 is 5.97 Å². The van der Waals surface area contributed by atoms with Gasteiger partial charge in [0.05, 0.1) is 36.9 Å². The van der Waals surface area contributed by atoms with E-state index in [2.05, 4.69) is 15.0 Å². The third kappa shape index (κ3) is 16.1. The van der Waals surface area contributed by atoms with Crippen LogP contribution in [-0.2, 0) is 38.0 Å². The van der Waals surface area contributed by atoms with Crippen LogP contribution in [0, 0.1) is 35.5 Å². The fraction of sp³-hybridized carbons (Fsp3) is 0.688. The molecule has 1 aliphatic rings. The summed E-state index contributed by atoms with van der Waals surface area (Å²) in [4.78, 5) is 42.9. The Morgan fingerprint density at radius 3 is 2.30 bits per heavy atom. The summed E-state index contributed by atoms with van der Waals surface area (Å²) >= 11 is 0. The molecule has 0 radical (unpaired) electrons. The number of methoxy groups -OCH3 is 4. The standard InChI is InChI=1S/C48H75N5O14/c1-27-19-33(66-48(49)58)21-43(57)67-41(22-40(60-9)28(2)15-16-37(55)30(4)44(61-10)29(3)17-18-53(7)26-54)32(6)39(59-8)13-12-14-42-50-35(24-63-42)46-52-36(25-65-46)47-51-34(23-64-47)45(62-11)31(5)38(56)20-27/h12,14,17-18,23-25,27-33,38-41,44-45,48,54,56,58H,13,15-16,19-22,26,49H2,1-11H3/b14-12+,18-17+/t27-,28-,29-,30+,31-,32-,33-,38+,39+,40-,41-,44+,45+,48+/m1/s1. The van der Waals surface area contributed by atoms with E-state index in [9.17, 15) is 24.9 Å². The van der Waals surface area contributed by atoms with Crippen molar-refractivity contribution in [2.24, 2.45) is 41.2 Å². The molecule has 0 unspecified atom stereocenters. The predicted molar refractivity (Wildman–Crippen MR) is 246 cm³/mol. The number of hydrogen-bond acceptors (Lipinski definition) is 19. The smallest absolute Gasteiger partial charge is 0.308 e. The van der Waals surface area contributed by atoms with Crippen LogP contribution in [0.25, 0.3) is 29.2 Å².